The van der Waals surface area contributed by atoms with E-state index in [1.165, 1.54) is 0 Å². The van der Waals surface area contributed by atoms with Crippen molar-refractivity contribution in [1.82, 2.24) is 0 Å². The second kappa shape index (κ2) is 7.19. The SMILES string of the molecule is N#CCCC1C(=O)c2ccc(-c3ccc(Cl)c(Cl)c3)cc2OC12CCCC2. The molecule has 0 radical (unpaired) electrons. The Morgan fingerprint density at radius 2 is 1.78 bits per heavy atom. The van der Waals surface area contributed by atoms with E-state index in [1.807, 2.05) is 30.3 Å². The van der Waals surface area contributed by atoms with E-state index in [0.717, 1.165) is 36.8 Å². The minimum atomic E-state index is -0.461. The zero-order valence-electron chi connectivity index (χ0n) is 14.8. The predicted molar refractivity (Wildman–Crippen MR) is 106 cm³/mol. The van der Waals surface area contributed by atoms with Crippen molar-refractivity contribution in [1.29, 1.82) is 5.26 Å². The lowest BCUT2D eigenvalue weighted by molar-refractivity contribution is 0.00319. The van der Waals surface area contributed by atoms with Gasteiger partial charge in [0.1, 0.15) is 11.4 Å². The summed E-state index contributed by atoms with van der Waals surface area (Å²) in [7, 11) is 0. The number of carbonyl (C=O) groups is 1. The smallest absolute Gasteiger partial charge is 0.173 e. The highest BCUT2D eigenvalue weighted by atomic mass is 35.5. The Labute approximate surface area is 168 Å². The normalized spacial score (nSPS) is 20.2. The van der Waals surface area contributed by atoms with Crippen LogP contribution >= 0.6 is 23.2 Å². The van der Waals surface area contributed by atoms with Crippen LogP contribution in [0.4, 0.5) is 0 Å². The van der Waals surface area contributed by atoms with Crippen LogP contribution in [-0.4, -0.2) is 11.4 Å². The summed E-state index contributed by atoms with van der Waals surface area (Å²) in [6.07, 6.45) is 4.77. The van der Waals surface area contributed by atoms with E-state index in [4.69, 9.17) is 33.2 Å². The van der Waals surface area contributed by atoms with Crippen LogP contribution in [0.3, 0.4) is 0 Å². The van der Waals surface area contributed by atoms with Gasteiger partial charge in [0.15, 0.2) is 5.78 Å². The van der Waals surface area contributed by atoms with E-state index in [-0.39, 0.29) is 11.7 Å². The topological polar surface area (TPSA) is 50.1 Å². The summed E-state index contributed by atoms with van der Waals surface area (Å²) in [5, 5.41) is 9.99. The summed E-state index contributed by atoms with van der Waals surface area (Å²) in [5.41, 5.74) is 2.01. The molecule has 0 saturated heterocycles. The van der Waals surface area contributed by atoms with Gasteiger partial charge < -0.3 is 4.74 Å². The molecule has 1 saturated carbocycles. The number of fused-ring (bicyclic) bond motifs is 1. The second-order valence-corrected chi connectivity index (χ2v) is 8.14. The molecule has 2 aliphatic rings. The first-order valence-corrected chi connectivity index (χ1v) is 9.99. The molecule has 4 rings (SSSR count). The Hall–Kier alpha value is -2.02. The van der Waals surface area contributed by atoms with Crippen molar-refractivity contribution in [2.45, 2.75) is 44.1 Å². The molecule has 1 aliphatic heterocycles. The maximum Gasteiger partial charge on any atom is 0.173 e. The van der Waals surface area contributed by atoms with Crippen molar-refractivity contribution >= 4 is 29.0 Å². The molecular weight excluding hydrogens is 381 g/mol. The Morgan fingerprint density at radius 1 is 1.07 bits per heavy atom. The largest absolute Gasteiger partial charge is 0.486 e. The van der Waals surface area contributed by atoms with E-state index in [1.54, 1.807) is 6.07 Å². The molecule has 1 fully saturated rings. The van der Waals surface area contributed by atoms with Crippen LogP contribution in [-0.2, 0) is 0 Å². The summed E-state index contributed by atoms with van der Waals surface area (Å²) < 4.78 is 6.49. The number of Topliss-reactive ketones (excluding diaryl/α,β-unsaturated/α-hetero) is 1. The maximum atomic E-state index is 13.2. The summed E-state index contributed by atoms with van der Waals surface area (Å²) in [4.78, 5) is 13.2. The Bertz CT molecular complexity index is 942. The molecule has 2 aromatic rings. The number of rotatable bonds is 3. The van der Waals surface area contributed by atoms with E-state index < -0.39 is 5.60 Å². The van der Waals surface area contributed by atoms with Gasteiger partial charge in [0, 0.05) is 6.42 Å². The number of nitrogens with zero attached hydrogens (tertiary/aromatic N) is 1. The first-order chi connectivity index (χ1) is 13.0. The van der Waals surface area contributed by atoms with Gasteiger partial charge in [0.05, 0.1) is 27.6 Å². The average molecular weight is 400 g/mol. The molecule has 5 heteroatoms. The van der Waals surface area contributed by atoms with E-state index in [2.05, 4.69) is 6.07 Å². The number of halogens is 2. The molecule has 1 spiro atoms. The molecule has 2 aromatic carbocycles. The summed E-state index contributed by atoms with van der Waals surface area (Å²) >= 11 is 12.2. The number of ether oxygens (including phenoxy) is 1. The summed E-state index contributed by atoms with van der Waals surface area (Å²) in [6, 6.07) is 13.3. The lowest BCUT2D eigenvalue weighted by Crippen LogP contribution is -2.48. The van der Waals surface area contributed by atoms with Crippen molar-refractivity contribution in [2.75, 3.05) is 0 Å². The molecule has 3 nitrogen and oxygen atoms in total. The molecule has 0 N–H and O–H groups in total. The Balaban J connectivity index is 1.74. The van der Waals surface area contributed by atoms with Gasteiger partial charge >= 0.3 is 0 Å². The van der Waals surface area contributed by atoms with Crippen LogP contribution in [0.1, 0.15) is 48.9 Å². The predicted octanol–water partition coefficient (Wildman–Crippen LogP) is 6.47. The van der Waals surface area contributed by atoms with Crippen molar-refractivity contribution in [3.63, 3.8) is 0 Å². The summed E-state index contributed by atoms with van der Waals surface area (Å²) in [6.45, 7) is 0. The third-order valence-corrected chi connectivity index (χ3v) is 6.50. The standard InChI is InChI=1S/C22H19Cl2NO2/c23-18-8-6-14(12-19(18)24)15-5-7-16-20(13-15)27-22(9-1-2-10-22)17(21(16)26)4-3-11-25/h5-8,12-13,17H,1-4,9-10H2. The Morgan fingerprint density at radius 3 is 2.48 bits per heavy atom. The highest BCUT2D eigenvalue weighted by Crippen LogP contribution is 2.48. The number of hydrogen-bond donors (Lipinski definition) is 0. The van der Waals surface area contributed by atoms with Gasteiger partial charge in [-0.3, -0.25) is 4.79 Å². The van der Waals surface area contributed by atoms with Gasteiger partial charge in [0.2, 0.25) is 0 Å². The average Bonchev–Trinajstić information content (AvgIpc) is 3.12. The fraction of sp³-hybridized carbons (Fsp3) is 0.364. The molecule has 27 heavy (non-hydrogen) atoms. The Kier molecular flexibility index (Phi) is 4.88. The highest BCUT2D eigenvalue weighted by molar-refractivity contribution is 6.42. The fourth-order valence-electron chi connectivity index (χ4n) is 4.41. The van der Waals surface area contributed by atoms with Crippen LogP contribution in [0.2, 0.25) is 10.0 Å². The minimum Gasteiger partial charge on any atom is -0.486 e. The van der Waals surface area contributed by atoms with E-state index in [0.29, 0.717) is 34.2 Å². The van der Waals surface area contributed by atoms with Crippen molar-refractivity contribution in [3.8, 4) is 22.9 Å². The molecule has 0 amide bonds. The molecule has 1 unspecified atom stereocenters. The molecular formula is C22H19Cl2NO2. The lowest BCUT2D eigenvalue weighted by Gasteiger charge is -2.41. The van der Waals surface area contributed by atoms with Gasteiger partial charge in [-0.25, -0.2) is 0 Å². The fourth-order valence-corrected chi connectivity index (χ4v) is 4.71. The number of nitriles is 1. The van der Waals surface area contributed by atoms with Gasteiger partial charge in [0.25, 0.3) is 0 Å². The van der Waals surface area contributed by atoms with E-state index in [9.17, 15) is 4.79 Å². The van der Waals surface area contributed by atoms with Gasteiger partial charge in [-0.1, -0.05) is 35.3 Å². The number of ketones is 1. The van der Waals surface area contributed by atoms with E-state index >= 15 is 0 Å². The zero-order chi connectivity index (χ0) is 19.0. The van der Waals surface area contributed by atoms with Gasteiger partial charge in [-0.2, -0.15) is 5.26 Å². The minimum absolute atomic E-state index is 0.106. The van der Waals surface area contributed by atoms with Crippen LogP contribution in [0.5, 0.6) is 5.75 Å². The first-order valence-electron chi connectivity index (χ1n) is 9.24. The quantitative estimate of drug-likeness (QED) is 0.593. The lowest BCUT2D eigenvalue weighted by atomic mass is 9.75. The summed E-state index contributed by atoms with van der Waals surface area (Å²) in [5.74, 6) is 0.510. The van der Waals surface area contributed by atoms with Crippen LogP contribution < -0.4 is 4.74 Å². The third-order valence-electron chi connectivity index (χ3n) is 5.76. The van der Waals surface area contributed by atoms with Crippen LogP contribution in [0.25, 0.3) is 11.1 Å². The molecule has 1 heterocycles. The monoisotopic (exact) mass is 399 g/mol. The van der Waals surface area contributed by atoms with Crippen LogP contribution in [0, 0.1) is 17.2 Å². The van der Waals surface area contributed by atoms with Gasteiger partial charge in [-0.15, -0.1) is 0 Å². The maximum absolute atomic E-state index is 13.2. The van der Waals surface area contributed by atoms with Crippen molar-refractivity contribution < 1.29 is 9.53 Å². The number of benzene rings is 2. The first kappa shape index (κ1) is 18.3. The third kappa shape index (κ3) is 3.22. The zero-order valence-corrected chi connectivity index (χ0v) is 16.3. The number of hydrogen-bond acceptors (Lipinski definition) is 3. The molecule has 0 bridgehead atoms. The molecule has 1 atom stereocenters. The molecule has 1 aliphatic carbocycles. The molecule has 0 aromatic heterocycles. The van der Waals surface area contributed by atoms with Crippen molar-refractivity contribution in [3.05, 3.63) is 52.0 Å². The number of carbonyl (C=O) groups excluding carboxylic acids is 1. The second-order valence-electron chi connectivity index (χ2n) is 7.33. The highest BCUT2D eigenvalue weighted by Gasteiger charge is 2.50. The van der Waals surface area contributed by atoms with Gasteiger partial charge in [-0.05, 0) is 67.5 Å². The molecule has 138 valence electrons. The van der Waals surface area contributed by atoms with Crippen LogP contribution in [0.15, 0.2) is 36.4 Å². The van der Waals surface area contributed by atoms with Crippen molar-refractivity contribution in [2.24, 2.45) is 5.92 Å².